The van der Waals surface area contributed by atoms with E-state index in [1.807, 2.05) is 24.3 Å². The standard InChI is InChI=1S/C19H23F3N2O2S2/c20-19(21,22)14-5-7-15(8-6-14)28(25,26)24-11-9-13(10-12-24)18-23-16-3-1-2-4-17(16)27-18/h1-4,13-15H,5-12H2. The van der Waals surface area contributed by atoms with Crippen LogP contribution in [0.25, 0.3) is 10.2 Å². The summed E-state index contributed by atoms with van der Waals surface area (Å²) in [4.78, 5) is 4.69. The van der Waals surface area contributed by atoms with Gasteiger partial charge in [0.15, 0.2) is 0 Å². The number of alkyl halides is 3. The van der Waals surface area contributed by atoms with Crippen LogP contribution in [0.4, 0.5) is 13.2 Å². The van der Waals surface area contributed by atoms with Crippen molar-refractivity contribution in [3.05, 3.63) is 29.3 Å². The third kappa shape index (κ3) is 3.93. The maximum absolute atomic E-state index is 12.9. The first kappa shape index (κ1) is 20.1. The summed E-state index contributed by atoms with van der Waals surface area (Å²) in [5, 5.41) is 0.369. The molecular formula is C19H23F3N2O2S2. The van der Waals surface area contributed by atoms with E-state index in [1.54, 1.807) is 11.3 Å². The first-order chi connectivity index (χ1) is 13.2. The monoisotopic (exact) mass is 432 g/mol. The molecule has 0 bridgehead atoms. The number of fused-ring (bicyclic) bond motifs is 1. The van der Waals surface area contributed by atoms with E-state index in [2.05, 4.69) is 4.98 Å². The molecule has 0 spiro atoms. The fourth-order valence-electron chi connectivity index (χ4n) is 4.32. The topological polar surface area (TPSA) is 50.3 Å². The molecule has 1 saturated carbocycles. The zero-order valence-corrected chi connectivity index (χ0v) is 17.0. The number of hydrogen-bond donors (Lipinski definition) is 0. The Bertz CT molecular complexity index is 893. The van der Waals surface area contributed by atoms with Crippen LogP contribution in [0.3, 0.4) is 0 Å². The number of benzene rings is 1. The van der Waals surface area contributed by atoms with Crippen LogP contribution in [0.15, 0.2) is 24.3 Å². The van der Waals surface area contributed by atoms with Gasteiger partial charge >= 0.3 is 6.18 Å². The molecule has 154 valence electrons. The van der Waals surface area contributed by atoms with Crippen LogP contribution in [-0.4, -0.2) is 42.2 Å². The van der Waals surface area contributed by atoms with Gasteiger partial charge in [0.1, 0.15) is 0 Å². The normalized spacial score (nSPS) is 26.0. The van der Waals surface area contributed by atoms with Crippen molar-refractivity contribution in [1.29, 1.82) is 0 Å². The van der Waals surface area contributed by atoms with E-state index in [-0.39, 0.29) is 31.6 Å². The molecule has 2 heterocycles. The number of aromatic nitrogens is 1. The average molecular weight is 433 g/mol. The molecule has 0 unspecified atom stereocenters. The van der Waals surface area contributed by atoms with Gasteiger partial charge in [0.05, 0.1) is 26.4 Å². The van der Waals surface area contributed by atoms with Gasteiger partial charge in [-0.1, -0.05) is 12.1 Å². The Labute approximate surface area is 166 Å². The number of sulfonamides is 1. The number of halogens is 3. The van der Waals surface area contributed by atoms with Crippen LogP contribution >= 0.6 is 11.3 Å². The molecule has 1 aromatic carbocycles. The van der Waals surface area contributed by atoms with Crippen molar-refractivity contribution in [2.45, 2.75) is 55.9 Å². The van der Waals surface area contributed by atoms with Crippen LogP contribution in [0, 0.1) is 5.92 Å². The van der Waals surface area contributed by atoms with Gasteiger partial charge in [0.2, 0.25) is 10.0 Å². The molecule has 2 fully saturated rings. The Morgan fingerprint density at radius 1 is 1.00 bits per heavy atom. The summed E-state index contributed by atoms with van der Waals surface area (Å²) in [6.07, 6.45) is -2.78. The molecule has 2 aromatic rings. The van der Waals surface area contributed by atoms with Gasteiger partial charge in [-0.3, -0.25) is 0 Å². The SMILES string of the molecule is O=S(=O)(C1CCC(C(F)(F)F)CC1)N1CCC(c2nc3ccccc3s2)CC1. The Hall–Kier alpha value is -1.19. The highest BCUT2D eigenvalue weighted by molar-refractivity contribution is 7.89. The number of thiazole rings is 1. The second-order valence-corrected chi connectivity index (χ2v) is 11.0. The van der Waals surface area contributed by atoms with Crippen molar-refractivity contribution in [3.8, 4) is 0 Å². The molecule has 1 aliphatic carbocycles. The van der Waals surface area contributed by atoms with E-state index in [4.69, 9.17) is 0 Å². The largest absolute Gasteiger partial charge is 0.391 e. The van der Waals surface area contributed by atoms with E-state index in [0.29, 0.717) is 25.9 Å². The molecular weight excluding hydrogens is 409 g/mol. The minimum Gasteiger partial charge on any atom is -0.241 e. The minimum atomic E-state index is -4.22. The van der Waals surface area contributed by atoms with Gasteiger partial charge in [-0.15, -0.1) is 11.3 Å². The molecule has 1 aromatic heterocycles. The highest BCUT2D eigenvalue weighted by Crippen LogP contribution is 2.41. The van der Waals surface area contributed by atoms with Crippen LogP contribution < -0.4 is 0 Å². The molecule has 9 heteroatoms. The Kier molecular flexibility index (Phi) is 5.43. The zero-order chi connectivity index (χ0) is 19.9. The van der Waals surface area contributed by atoms with Crippen LogP contribution in [0.5, 0.6) is 0 Å². The van der Waals surface area contributed by atoms with Crippen molar-refractivity contribution < 1.29 is 21.6 Å². The van der Waals surface area contributed by atoms with Crippen molar-refractivity contribution in [1.82, 2.24) is 9.29 Å². The summed E-state index contributed by atoms with van der Waals surface area (Å²) >= 11 is 1.66. The number of rotatable bonds is 3. The van der Waals surface area contributed by atoms with E-state index in [0.717, 1.165) is 15.2 Å². The van der Waals surface area contributed by atoms with Crippen molar-refractivity contribution in [2.75, 3.05) is 13.1 Å². The Morgan fingerprint density at radius 3 is 2.25 bits per heavy atom. The minimum absolute atomic E-state index is 0.0877. The molecule has 0 N–H and O–H groups in total. The van der Waals surface area contributed by atoms with E-state index < -0.39 is 27.4 Å². The van der Waals surface area contributed by atoms with Crippen molar-refractivity contribution in [3.63, 3.8) is 0 Å². The lowest BCUT2D eigenvalue weighted by Crippen LogP contribution is -2.45. The van der Waals surface area contributed by atoms with Crippen molar-refractivity contribution >= 4 is 31.6 Å². The van der Waals surface area contributed by atoms with Gasteiger partial charge in [-0.05, 0) is 50.7 Å². The predicted octanol–water partition coefficient (Wildman–Crippen LogP) is 4.93. The third-order valence-corrected chi connectivity index (χ3v) is 9.63. The lowest BCUT2D eigenvalue weighted by atomic mass is 9.88. The summed E-state index contributed by atoms with van der Waals surface area (Å²) in [5.74, 6) is -1.12. The van der Waals surface area contributed by atoms with E-state index >= 15 is 0 Å². The van der Waals surface area contributed by atoms with E-state index in [9.17, 15) is 21.6 Å². The molecule has 1 aliphatic heterocycles. The molecule has 0 atom stereocenters. The lowest BCUT2D eigenvalue weighted by Gasteiger charge is -2.36. The highest BCUT2D eigenvalue weighted by atomic mass is 32.2. The quantitative estimate of drug-likeness (QED) is 0.691. The summed E-state index contributed by atoms with van der Waals surface area (Å²) in [7, 11) is -3.54. The lowest BCUT2D eigenvalue weighted by molar-refractivity contribution is -0.181. The fraction of sp³-hybridized carbons (Fsp3) is 0.632. The second-order valence-electron chi connectivity index (χ2n) is 7.75. The van der Waals surface area contributed by atoms with Crippen LogP contribution in [0.2, 0.25) is 0 Å². The smallest absolute Gasteiger partial charge is 0.241 e. The second kappa shape index (κ2) is 7.57. The molecule has 1 saturated heterocycles. The summed E-state index contributed by atoms with van der Waals surface area (Å²) in [6, 6.07) is 7.95. The fourth-order valence-corrected chi connectivity index (χ4v) is 7.47. The molecule has 4 nitrogen and oxygen atoms in total. The first-order valence-corrected chi connectivity index (χ1v) is 12.0. The van der Waals surface area contributed by atoms with Gasteiger partial charge in [0, 0.05) is 19.0 Å². The van der Waals surface area contributed by atoms with Gasteiger partial charge < -0.3 is 0 Å². The maximum atomic E-state index is 12.9. The highest BCUT2D eigenvalue weighted by Gasteiger charge is 2.45. The molecule has 0 radical (unpaired) electrons. The summed E-state index contributed by atoms with van der Waals surface area (Å²) in [5.41, 5.74) is 0.971. The molecule has 0 amide bonds. The number of para-hydroxylation sites is 1. The molecule has 28 heavy (non-hydrogen) atoms. The van der Waals surface area contributed by atoms with Crippen LogP contribution in [0.1, 0.15) is 49.5 Å². The number of piperidine rings is 1. The Balaban J connectivity index is 1.37. The third-order valence-electron chi connectivity index (χ3n) is 6.03. The predicted molar refractivity (Wildman–Crippen MR) is 104 cm³/mol. The molecule has 2 aliphatic rings. The van der Waals surface area contributed by atoms with Crippen molar-refractivity contribution in [2.24, 2.45) is 5.92 Å². The average Bonchev–Trinajstić information content (AvgIpc) is 3.12. The van der Waals surface area contributed by atoms with E-state index in [1.165, 1.54) is 4.31 Å². The van der Waals surface area contributed by atoms with Gasteiger partial charge in [0.25, 0.3) is 0 Å². The van der Waals surface area contributed by atoms with Gasteiger partial charge in [-0.2, -0.15) is 13.2 Å². The van der Waals surface area contributed by atoms with Gasteiger partial charge in [-0.25, -0.2) is 17.7 Å². The van der Waals surface area contributed by atoms with Crippen LogP contribution in [-0.2, 0) is 10.0 Å². The maximum Gasteiger partial charge on any atom is 0.391 e. The Morgan fingerprint density at radius 2 is 1.64 bits per heavy atom. The zero-order valence-electron chi connectivity index (χ0n) is 15.4. The first-order valence-electron chi connectivity index (χ1n) is 9.66. The number of nitrogens with zero attached hydrogens (tertiary/aromatic N) is 2. The summed E-state index contributed by atoms with van der Waals surface area (Å²) in [6.45, 7) is 0.838. The summed E-state index contributed by atoms with van der Waals surface area (Å²) < 4.78 is 67.0. The number of hydrogen-bond acceptors (Lipinski definition) is 4. The molecule has 4 rings (SSSR count).